The Labute approximate surface area is 153 Å². The van der Waals surface area contributed by atoms with Crippen molar-refractivity contribution in [2.75, 3.05) is 6.61 Å². The quantitative estimate of drug-likeness (QED) is 0.659. The van der Waals surface area contributed by atoms with E-state index in [2.05, 4.69) is 31.8 Å². The fourth-order valence-electron chi connectivity index (χ4n) is 3.12. The van der Waals surface area contributed by atoms with Crippen molar-refractivity contribution in [3.8, 4) is 23.1 Å². The number of pyridine rings is 1. The molecule has 1 aliphatic heterocycles. The van der Waals surface area contributed by atoms with E-state index >= 15 is 0 Å². The Morgan fingerprint density at radius 2 is 2.15 bits per heavy atom. The molecule has 8 nitrogen and oxygen atoms in total. The van der Waals surface area contributed by atoms with Crippen LogP contribution in [0.1, 0.15) is 18.7 Å². The highest BCUT2D eigenvalue weighted by Gasteiger charge is 2.45. The summed E-state index contributed by atoms with van der Waals surface area (Å²) >= 11 is 0. The van der Waals surface area contributed by atoms with Gasteiger partial charge in [0.2, 0.25) is 0 Å². The van der Waals surface area contributed by atoms with Gasteiger partial charge < -0.3 is 14.9 Å². The molecule has 1 aliphatic rings. The number of aliphatic hydroxyl groups is 2. The Bertz CT molecular complexity index is 1040. The molecule has 0 amide bonds. The van der Waals surface area contributed by atoms with E-state index < -0.39 is 31.2 Å². The monoisotopic (exact) mass is 369 g/mol. The van der Waals surface area contributed by atoms with E-state index in [4.69, 9.17) is 4.74 Å². The van der Waals surface area contributed by atoms with Gasteiger partial charge in [-0.2, -0.15) is 0 Å². The number of aromatic nitrogens is 5. The van der Waals surface area contributed by atoms with Gasteiger partial charge in [-0.05, 0) is 13.0 Å². The molecule has 0 bridgehead atoms. The Morgan fingerprint density at radius 1 is 1.30 bits per heavy atom. The molecule has 0 aromatic carbocycles. The van der Waals surface area contributed by atoms with E-state index in [1.807, 2.05) is 6.07 Å². The zero-order chi connectivity index (χ0) is 19.0. The number of hydrogen-bond donors (Lipinski definition) is 2. The van der Waals surface area contributed by atoms with E-state index in [-0.39, 0.29) is 0 Å². The van der Waals surface area contributed by atoms with Gasteiger partial charge in [0.25, 0.3) is 0 Å². The third kappa shape index (κ3) is 2.94. The molecule has 0 aliphatic carbocycles. The van der Waals surface area contributed by atoms with Crippen molar-refractivity contribution in [1.29, 1.82) is 0 Å². The number of fused-ring (bicyclic) bond motifs is 1. The lowest BCUT2D eigenvalue weighted by Crippen LogP contribution is -2.29. The first-order valence-corrected chi connectivity index (χ1v) is 8.28. The first-order valence-electron chi connectivity index (χ1n) is 8.28. The van der Waals surface area contributed by atoms with Crippen LogP contribution < -0.4 is 0 Å². The smallest absolute Gasteiger partial charge is 0.166 e. The third-order valence-electron chi connectivity index (χ3n) is 4.38. The molecule has 3 aromatic heterocycles. The van der Waals surface area contributed by atoms with Crippen LogP contribution >= 0.6 is 0 Å². The minimum atomic E-state index is -1.70. The number of hydrogen-bond acceptors (Lipinski definition) is 7. The Morgan fingerprint density at radius 3 is 2.89 bits per heavy atom. The van der Waals surface area contributed by atoms with Gasteiger partial charge in [-0.3, -0.25) is 9.55 Å². The maximum Gasteiger partial charge on any atom is 0.166 e. The van der Waals surface area contributed by atoms with Crippen molar-refractivity contribution in [2.24, 2.45) is 0 Å². The van der Waals surface area contributed by atoms with Crippen LogP contribution in [-0.2, 0) is 4.74 Å². The Kier molecular flexibility index (Phi) is 4.53. The van der Waals surface area contributed by atoms with Crippen LogP contribution in [0.2, 0.25) is 0 Å². The second-order valence-electron chi connectivity index (χ2n) is 6.07. The number of ether oxygens (including phenoxy) is 1. The van der Waals surface area contributed by atoms with Gasteiger partial charge in [0.15, 0.2) is 18.0 Å². The van der Waals surface area contributed by atoms with Crippen LogP contribution in [0.25, 0.3) is 22.4 Å². The zero-order valence-corrected chi connectivity index (χ0v) is 14.3. The van der Waals surface area contributed by atoms with Gasteiger partial charge >= 0.3 is 0 Å². The van der Waals surface area contributed by atoms with Crippen molar-refractivity contribution >= 4 is 11.2 Å². The van der Waals surface area contributed by atoms with Crippen molar-refractivity contribution in [3.63, 3.8) is 0 Å². The van der Waals surface area contributed by atoms with Crippen molar-refractivity contribution in [3.05, 3.63) is 36.7 Å². The standard InChI is InChI=1S/C18H16FN5O3/c1-2-3-10-4-11(6-20-5-10)14-15-17(22-8-21-14)24(9-23-15)18-16(26)13(19)12(7-25)27-18/h4-6,8-9,12-13,16,18,25-26H,7H2,1H3/t12-,13?,16+,18-/m1/s1. The molecule has 1 saturated heterocycles. The van der Waals surface area contributed by atoms with E-state index in [1.54, 1.807) is 19.3 Å². The molecule has 27 heavy (non-hydrogen) atoms. The summed E-state index contributed by atoms with van der Waals surface area (Å²) in [4.78, 5) is 17.0. The summed E-state index contributed by atoms with van der Waals surface area (Å²) in [7, 11) is 0. The summed E-state index contributed by atoms with van der Waals surface area (Å²) < 4.78 is 20.9. The van der Waals surface area contributed by atoms with Gasteiger partial charge in [-0.15, -0.1) is 5.92 Å². The number of rotatable bonds is 3. The molecule has 2 N–H and O–H groups in total. The maximum atomic E-state index is 14.1. The highest BCUT2D eigenvalue weighted by atomic mass is 19.1. The van der Waals surface area contributed by atoms with Crippen molar-refractivity contribution in [1.82, 2.24) is 24.5 Å². The van der Waals surface area contributed by atoms with Gasteiger partial charge in [0, 0.05) is 23.5 Å². The average molecular weight is 369 g/mol. The summed E-state index contributed by atoms with van der Waals surface area (Å²) in [6.07, 6.45) is 0.767. The number of aliphatic hydroxyl groups excluding tert-OH is 2. The average Bonchev–Trinajstić information content (AvgIpc) is 3.23. The number of halogens is 1. The highest BCUT2D eigenvalue weighted by molar-refractivity contribution is 5.87. The van der Waals surface area contributed by atoms with Gasteiger partial charge in [-0.1, -0.05) is 5.92 Å². The minimum Gasteiger partial charge on any atom is -0.394 e. The van der Waals surface area contributed by atoms with Crippen LogP contribution in [0, 0.1) is 11.8 Å². The molecule has 4 rings (SSSR count). The Hall–Kier alpha value is -2.93. The van der Waals surface area contributed by atoms with Gasteiger partial charge in [-0.25, -0.2) is 19.3 Å². The summed E-state index contributed by atoms with van der Waals surface area (Å²) in [5.74, 6) is 5.75. The molecule has 0 spiro atoms. The van der Waals surface area contributed by atoms with Crippen molar-refractivity contribution < 1.29 is 19.3 Å². The second-order valence-corrected chi connectivity index (χ2v) is 6.07. The summed E-state index contributed by atoms with van der Waals surface area (Å²) in [6, 6.07) is 1.84. The number of nitrogens with zero attached hydrogens (tertiary/aromatic N) is 5. The molecule has 138 valence electrons. The van der Waals surface area contributed by atoms with Crippen LogP contribution in [0.5, 0.6) is 0 Å². The molecule has 0 saturated carbocycles. The second kappa shape index (κ2) is 7.00. The van der Waals surface area contributed by atoms with Crippen LogP contribution in [0.4, 0.5) is 4.39 Å². The topological polar surface area (TPSA) is 106 Å². The van der Waals surface area contributed by atoms with E-state index in [0.717, 1.165) is 5.56 Å². The lowest BCUT2D eigenvalue weighted by molar-refractivity contribution is -0.0495. The molecule has 0 radical (unpaired) electrons. The third-order valence-corrected chi connectivity index (χ3v) is 4.38. The lowest BCUT2D eigenvalue weighted by Gasteiger charge is -2.16. The molecule has 4 heterocycles. The fraction of sp³-hybridized carbons (Fsp3) is 0.333. The maximum absolute atomic E-state index is 14.1. The van der Waals surface area contributed by atoms with Gasteiger partial charge in [0.05, 0.1) is 12.9 Å². The molecule has 1 fully saturated rings. The normalized spacial score (nSPS) is 24.7. The van der Waals surface area contributed by atoms with E-state index in [1.165, 1.54) is 17.2 Å². The summed E-state index contributed by atoms with van der Waals surface area (Å²) in [5.41, 5.74) is 2.81. The molecule has 4 atom stereocenters. The SMILES string of the molecule is CC#Cc1cncc(-c2ncnc3c2ncn3[C@@H]2O[C@H](CO)C(F)[C@@H]2O)c1. The first-order chi connectivity index (χ1) is 13.1. The summed E-state index contributed by atoms with van der Waals surface area (Å²) in [5, 5.41) is 19.3. The number of alkyl halides is 1. The highest BCUT2D eigenvalue weighted by Crippen LogP contribution is 2.34. The van der Waals surface area contributed by atoms with E-state index in [0.29, 0.717) is 22.4 Å². The van der Waals surface area contributed by atoms with Crippen LogP contribution in [0.15, 0.2) is 31.1 Å². The van der Waals surface area contributed by atoms with E-state index in [9.17, 15) is 14.6 Å². The van der Waals surface area contributed by atoms with Crippen molar-refractivity contribution in [2.45, 2.75) is 31.5 Å². The first kappa shape index (κ1) is 17.5. The Balaban J connectivity index is 1.79. The largest absolute Gasteiger partial charge is 0.394 e. The lowest BCUT2D eigenvalue weighted by atomic mass is 10.1. The predicted octanol–water partition coefficient (Wildman–Crippen LogP) is 0.848. The fourth-order valence-corrected chi connectivity index (χ4v) is 3.12. The molecule has 3 aromatic rings. The summed E-state index contributed by atoms with van der Waals surface area (Å²) in [6.45, 7) is 1.21. The minimum absolute atomic E-state index is 0.377. The molecule has 9 heteroatoms. The zero-order valence-electron chi connectivity index (χ0n) is 14.3. The predicted molar refractivity (Wildman–Crippen MR) is 93.0 cm³/mol. The molecular weight excluding hydrogens is 353 g/mol. The van der Waals surface area contributed by atoms with Crippen LogP contribution in [0.3, 0.4) is 0 Å². The number of imidazole rings is 1. The van der Waals surface area contributed by atoms with Crippen LogP contribution in [-0.4, -0.2) is 59.7 Å². The van der Waals surface area contributed by atoms with Gasteiger partial charge in [0.1, 0.15) is 29.7 Å². The molecular formula is C18H16FN5O3. The molecule has 1 unspecified atom stereocenters.